The molecule has 0 spiro atoms. The van der Waals surface area contributed by atoms with Crippen LogP contribution in [0, 0.1) is 16.0 Å². The summed E-state index contributed by atoms with van der Waals surface area (Å²) in [5, 5.41) is 19.1. The van der Waals surface area contributed by atoms with Crippen molar-refractivity contribution in [1.82, 2.24) is 0 Å². The van der Waals surface area contributed by atoms with Gasteiger partial charge in [-0.2, -0.15) is 5.11 Å². The number of esters is 1. The van der Waals surface area contributed by atoms with Crippen molar-refractivity contribution in [3.63, 3.8) is 0 Å². The monoisotopic (exact) mass is 418 g/mol. The summed E-state index contributed by atoms with van der Waals surface area (Å²) < 4.78 is 5.23. The van der Waals surface area contributed by atoms with Gasteiger partial charge in [-0.15, -0.1) is 5.11 Å². The number of halogens is 1. The molecule has 9 heteroatoms. The number of likely N-dealkylation sites (N-methyl/N-ethyl adjacent to an activating group) is 1. The molecule has 8 nitrogen and oxygen atoms in total. The number of carbonyl (C=O) groups excluding carboxylic acids is 1. The second-order valence-corrected chi connectivity index (χ2v) is 6.92. The molecular weight excluding hydrogens is 396 g/mol. The first-order valence-corrected chi connectivity index (χ1v) is 9.57. The Labute approximate surface area is 174 Å². The number of anilines is 1. The van der Waals surface area contributed by atoms with Crippen LogP contribution in [0.1, 0.15) is 20.8 Å². The maximum Gasteiger partial charge on any atom is 0.308 e. The number of nitro groups is 1. The van der Waals surface area contributed by atoms with E-state index in [4.69, 9.17) is 16.3 Å². The van der Waals surface area contributed by atoms with Gasteiger partial charge in [0.1, 0.15) is 12.3 Å². The van der Waals surface area contributed by atoms with Gasteiger partial charge in [-0.25, -0.2) is 0 Å². The largest absolute Gasteiger partial charge is 0.464 e. The molecule has 0 aliphatic heterocycles. The van der Waals surface area contributed by atoms with Gasteiger partial charge in [0.05, 0.1) is 28.1 Å². The predicted molar refractivity (Wildman–Crippen MR) is 112 cm³/mol. The summed E-state index contributed by atoms with van der Waals surface area (Å²) in [5.74, 6) is -0.347. The highest BCUT2D eigenvalue weighted by molar-refractivity contribution is 6.33. The van der Waals surface area contributed by atoms with Gasteiger partial charge in [0.25, 0.3) is 5.69 Å². The number of carbonyl (C=O) groups is 1. The lowest BCUT2D eigenvalue weighted by Gasteiger charge is -2.23. The van der Waals surface area contributed by atoms with Crippen molar-refractivity contribution in [2.24, 2.45) is 16.1 Å². The number of rotatable bonds is 9. The van der Waals surface area contributed by atoms with Gasteiger partial charge in [-0.05, 0) is 37.3 Å². The first kappa shape index (κ1) is 22.3. The van der Waals surface area contributed by atoms with E-state index < -0.39 is 4.92 Å². The molecule has 0 aromatic heterocycles. The van der Waals surface area contributed by atoms with E-state index in [0.29, 0.717) is 24.5 Å². The highest BCUT2D eigenvalue weighted by Gasteiger charge is 2.11. The summed E-state index contributed by atoms with van der Waals surface area (Å²) >= 11 is 6.01. The number of non-ortho nitro benzene ring substituents is 1. The van der Waals surface area contributed by atoms with E-state index in [1.54, 1.807) is 26.0 Å². The first-order chi connectivity index (χ1) is 13.8. The van der Waals surface area contributed by atoms with Gasteiger partial charge in [0.15, 0.2) is 0 Å². The number of hydrogen-bond donors (Lipinski definition) is 0. The zero-order valence-corrected chi connectivity index (χ0v) is 17.3. The average molecular weight is 419 g/mol. The van der Waals surface area contributed by atoms with Gasteiger partial charge in [-0.3, -0.25) is 14.9 Å². The van der Waals surface area contributed by atoms with Crippen molar-refractivity contribution in [2.45, 2.75) is 20.8 Å². The van der Waals surface area contributed by atoms with Crippen molar-refractivity contribution in [1.29, 1.82) is 0 Å². The Morgan fingerprint density at radius 2 is 1.90 bits per heavy atom. The Morgan fingerprint density at radius 3 is 2.45 bits per heavy atom. The molecule has 0 saturated heterocycles. The molecule has 2 aromatic carbocycles. The molecule has 2 rings (SSSR count). The minimum absolute atomic E-state index is 0.1000. The minimum Gasteiger partial charge on any atom is -0.464 e. The average Bonchev–Trinajstić information content (AvgIpc) is 2.70. The maximum absolute atomic E-state index is 11.6. The molecular formula is C20H23ClN4O4. The van der Waals surface area contributed by atoms with E-state index in [9.17, 15) is 14.9 Å². The van der Waals surface area contributed by atoms with Crippen molar-refractivity contribution in [3.05, 3.63) is 57.6 Å². The van der Waals surface area contributed by atoms with Gasteiger partial charge in [0.2, 0.25) is 0 Å². The molecule has 154 valence electrons. The van der Waals surface area contributed by atoms with Crippen LogP contribution in [0.2, 0.25) is 5.02 Å². The zero-order chi connectivity index (χ0) is 21.4. The topological polar surface area (TPSA) is 97.4 Å². The van der Waals surface area contributed by atoms with Crippen molar-refractivity contribution >= 4 is 40.3 Å². The lowest BCUT2D eigenvalue weighted by Crippen LogP contribution is -2.28. The Kier molecular flexibility index (Phi) is 8.09. The van der Waals surface area contributed by atoms with Crippen LogP contribution < -0.4 is 4.90 Å². The van der Waals surface area contributed by atoms with Crippen molar-refractivity contribution in [3.8, 4) is 0 Å². The Morgan fingerprint density at radius 1 is 1.21 bits per heavy atom. The Balaban J connectivity index is 2.00. The smallest absolute Gasteiger partial charge is 0.308 e. The molecule has 0 radical (unpaired) electrons. The van der Waals surface area contributed by atoms with Crippen LogP contribution in [0.5, 0.6) is 0 Å². The van der Waals surface area contributed by atoms with Crippen LogP contribution in [0.25, 0.3) is 0 Å². The Bertz CT molecular complexity index is 885. The van der Waals surface area contributed by atoms with E-state index in [1.807, 2.05) is 19.1 Å². The number of ether oxygens (including phenoxy) is 1. The maximum atomic E-state index is 11.6. The second kappa shape index (κ2) is 10.5. The van der Waals surface area contributed by atoms with E-state index in [1.165, 1.54) is 18.2 Å². The minimum atomic E-state index is -0.519. The fourth-order valence-electron chi connectivity index (χ4n) is 2.43. The lowest BCUT2D eigenvalue weighted by atomic mass is 10.2. The molecule has 2 aromatic rings. The fourth-order valence-corrected chi connectivity index (χ4v) is 2.64. The summed E-state index contributed by atoms with van der Waals surface area (Å²) in [5.41, 5.74) is 1.84. The zero-order valence-electron chi connectivity index (χ0n) is 16.5. The number of nitrogens with zero attached hydrogens (tertiary/aromatic N) is 4. The molecule has 0 unspecified atom stereocenters. The molecule has 0 fully saturated rings. The summed E-state index contributed by atoms with van der Waals surface area (Å²) in [6.45, 7) is 7.31. The molecule has 0 bridgehead atoms. The van der Waals surface area contributed by atoms with Gasteiger partial charge in [0, 0.05) is 24.4 Å². The highest BCUT2D eigenvalue weighted by atomic mass is 35.5. The number of nitro benzene ring substituents is 1. The number of azo groups is 1. The van der Waals surface area contributed by atoms with Gasteiger partial charge < -0.3 is 9.64 Å². The van der Waals surface area contributed by atoms with E-state index in [0.717, 1.165) is 12.2 Å². The molecule has 0 N–H and O–H groups in total. The molecule has 0 aliphatic carbocycles. The third-order valence-corrected chi connectivity index (χ3v) is 4.39. The molecule has 0 atom stereocenters. The third kappa shape index (κ3) is 6.53. The molecule has 0 amide bonds. The quantitative estimate of drug-likeness (QED) is 0.225. The van der Waals surface area contributed by atoms with E-state index in [-0.39, 0.29) is 22.6 Å². The number of hydrogen-bond acceptors (Lipinski definition) is 7. The predicted octanol–water partition coefficient (Wildman–Crippen LogP) is 5.69. The first-order valence-electron chi connectivity index (χ1n) is 9.19. The van der Waals surface area contributed by atoms with Crippen molar-refractivity contribution < 1.29 is 14.5 Å². The van der Waals surface area contributed by atoms with Crippen molar-refractivity contribution in [2.75, 3.05) is 24.6 Å². The summed E-state index contributed by atoms with van der Waals surface area (Å²) in [7, 11) is 0. The number of benzene rings is 2. The van der Waals surface area contributed by atoms with Gasteiger partial charge in [-0.1, -0.05) is 25.4 Å². The van der Waals surface area contributed by atoms with Crippen LogP contribution in [0.3, 0.4) is 0 Å². The van der Waals surface area contributed by atoms with Crippen LogP contribution in [-0.2, 0) is 9.53 Å². The van der Waals surface area contributed by atoms with Gasteiger partial charge >= 0.3 is 5.97 Å². The second-order valence-electron chi connectivity index (χ2n) is 6.51. The highest BCUT2D eigenvalue weighted by Crippen LogP contribution is 2.30. The summed E-state index contributed by atoms with van der Waals surface area (Å²) in [4.78, 5) is 23.9. The lowest BCUT2D eigenvalue weighted by molar-refractivity contribution is -0.384. The van der Waals surface area contributed by atoms with Crippen LogP contribution in [0.4, 0.5) is 22.7 Å². The van der Waals surface area contributed by atoms with Crippen LogP contribution in [0.15, 0.2) is 52.7 Å². The molecule has 0 aliphatic rings. The van der Waals surface area contributed by atoms with Crippen LogP contribution in [-0.4, -0.2) is 30.6 Å². The molecule has 0 heterocycles. The molecule has 0 saturated carbocycles. The fraction of sp³-hybridized carbons (Fsp3) is 0.350. The SMILES string of the molecule is CCN(CCOC(=O)C(C)C)c1ccc(N=Nc2ccc([N+](=O)[O-])cc2Cl)cc1. The van der Waals surface area contributed by atoms with Crippen LogP contribution >= 0.6 is 11.6 Å². The standard InChI is InChI=1S/C20H23ClN4O4/c1-4-24(11-12-29-20(26)14(2)3)16-7-5-15(6-8-16)22-23-19-10-9-17(25(27)28)13-18(19)21/h5-10,13-14H,4,11-12H2,1-3H3. The summed E-state index contributed by atoms with van der Waals surface area (Å²) in [6.07, 6.45) is 0. The summed E-state index contributed by atoms with van der Waals surface area (Å²) in [6, 6.07) is 11.4. The Hall–Kier alpha value is -3.00. The van der Waals surface area contributed by atoms with E-state index in [2.05, 4.69) is 15.1 Å². The normalized spacial score (nSPS) is 11.1. The third-order valence-electron chi connectivity index (χ3n) is 4.09. The van der Waals surface area contributed by atoms with E-state index >= 15 is 0 Å². The molecule has 29 heavy (non-hydrogen) atoms.